The van der Waals surface area contributed by atoms with Crippen LogP contribution in [0.15, 0.2) is 60.9 Å². The first-order valence-corrected chi connectivity index (χ1v) is 9.74. The van der Waals surface area contributed by atoms with Gasteiger partial charge in [0.1, 0.15) is 6.04 Å². The average Bonchev–Trinajstić information content (AvgIpc) is 3.32. The van der Waals surface area contributed by atoms with E-state index >= 15 is 0 Å². The minimum Gasteiger partial charge on any atom is -0.353 e. The molecule has 0 radical (unpaired) electrons. The predicted octanol–water partition coefficient (Wildman–Crippen LogP) is 2.88. The van der Waals surface area contributed by atoms with Crippen LogP contribution in [0.25, 0.3) is 11.0 Å². The normalized spacial score (nSPS) is 25.0. The minimum absolute atomic E-state index is 0.0370. The zero-order valence-electron chi connectivity index (χ0n) is 15.3. The van der Waals surface area contributed by atoms with Crippen molar-refractivity contribution in [2.24, 2.45) is 5.41 Å². The average molecular weight is 360 g/mol. The Kier molecular flexibility index (Phi) is 3.97. The Labute approximate surface area is 158 Å². The zero-order chi connectivity index (χ0) is 18.3. The summed E-state index contributed by atoms with van der Waals surface area (Å²) in [5.41, 5.74) is 3.13. The van der Waals surface area contributed by atoms with Crippen molar-refractivity contribution in [3.05, 3.63) is 66.5 Å². The molecule has 0 spiro atoms. The maximum absolute atomic E-state index is 13.3. The van der Waals surface area contributed by atoms with E-state index in [4.69, 9.17) is 0 Å². The van der Waals surface area contributed by atoms with Crippen molar-refractivity contribution < 1.29 is 4.79 Å². The number of nitrogens with one attached hydrogen (secondary N) is 2. The van der Waals surface area contributed by atoms with Crippen LogP contribution in [0.3, 0.4) is 0 Å². The Balaban J connectivity index is 1.44. The van der Waals surface area contributed by atoms with Gasteiger partial charge in [-0.25, -0.2) is 4.98 Å². The van der Waals surface area contributed by atoms with Gasteiger partial charge < -0.3 is 15.2 Å². The zero-order valence-corrected chi connectivity index (χ0v) is 15.3. The molecule has 0 bridgehead atoms. The Bertz CT molecular complexity index is 967. The molecule has 138 valence electrons. The molecule has 1 aliphatic carbocycles. The summed E-state index contributed by atoms with van der Waals surface area (Å²) >= 11 is 0. The summed E-state index contributed by atoms with van der Waals surface area (Å²) < 4.78 is 1.99. The van der Waals surface area contributed by atoms with Gasteiger partial charge in [0.15, 0.2) is 0 Å². The number of fused-ring (bicyclic) bond motifs is 2. The van der Waals surface area contributed by atoms with Gasteiger partial charge in [0, 0.05) is 18.0 Å². The number of nitrogens with zero attached hydrogens (tertiary/aromatic N) is 2. The Morgan fingerprint density at radius 2 is 2.04 bits per heavy atom. The van der Waals surface area contributed by atoms with Crippen LogP contribution in [0.2, 0.25) is 0 Å². The Morgan fingerprint density at radius 1 is 1.22 bits per heavy atom. The van der Waals surface area contributed by atoms with E-state index in [1.165, 1.54) is 19.3 Å². The Hall–Kier alpha value is -2.66. The van der Waals surface area contributed by atoms with Crippen molar-refractivity contribution in [2.75, 3.05) is 13.1 Å². The van der Waals surface area contributed by atoms with Crippen LogP contribution in [-0.2, 0) is 4.79 Å². The highest BCUT2D eigenvalue weighted by Crippen LogP contribution is 2.51. The minimum atomic E-state index is -0.413. The number of amides is 1. The Morgan fingerprint density at radius 3 is 2.89 bits per heavy atom. The van der Waals surface area contributed by atoms with E-state index in [0.717, 1.165) is 29.7 Å². The summed E-state index contributed by atoms with van der Waals surface area (Å²) in [6, 6.07) is 18.1. The number of imidazole rings is 1. The van der Waals surface area contributed by atoms with E-state index < -0.39 is 6.04 Å². The summed E-state index contributed by atoms with van der Waals surface area (Å²) in [6.07, 6.45) is 5.36. The number of benzene rings is 2. The summed E-state index contributed by atoms with van der Waals surface area (Å²) in [4.78, 5) is 17.8. The van der Waals surface area contributed by atoms with Crippen LogP contribution < -0.4 is 10.6 Å². The van der Waals surface area contributed by atoms with E-state index in [-0.39, 0.29) is 11.3 Å². The van der Waals surface area contributed by atoms with Gasteiger partial charge in [0.05, 0.1) is 17.4 Å². The first-order valence-electron chi connectivity index (χ1n) is 9.74. The lowest BCUT2D eigenvalue weighted by Crippen LogP contribution is -2.41. The molecule has 2 aliphatic rings. The third-order valence-electron chi connectivity index (χ3n) is 6.17. The second-order valence-corrected chi connectivity index (χ2v) is 7.85. The van der Waals surface area contributed by atoms with Crippen LogP contribution in [-0.4, -0.2) is 34.6 Å². The fourth-order valence-corrected chi connectivity index (χ4v) is 4.53. The SMILES string of the molecule is O=C(NCC12CCCNC1C2)C(c1ccccc1)n1cnc2ccccc21. The highest BCUT2D eigenvalue weighted by molar-refractivity contribution is 5.86. The van der Waals surface area contributed by atoms with Crippen LogP contribution in [0, 0.1) is 5.41 Å². The fraction of sp³-hybridized carbons (Fsp3) is 0.364. The maximum atomic E-state index is 13.3. The summed E-state index contributed by atoms with van der Waals surface area (Å²) in [5.74, 6) is 0.0370. The monoisotopic (exact) mass is 360 g/mol. The second-order valence-electron chi connectivity index (χ2n) is 7.85. The third-order valence-corrected chi connectivity index (χ3v) is 6.17. The molecule has 5 heteroatoms. The lowest BCUT2D eigenvalue weighted by molar-refractivity contribution is -0.123. The number of rotatable bonds is 5. The van der Waals surface area contributed by atoms with Crippen LogP contribution >= 0.6 is 0 Å². The topological polar surface area (TPSA) is 59.0 Å². The number of hydrogen-bond acceptors (Lipinski definition) is 3. The number of carbonyl (C=O) groups excluding carboxylic acids is 1. The quantitative estimate of drug-likeness (QED) is 0.736. The van der Waals surface area contributed by atoms with Gasteiger partial charge >= 0.3 is 0 Å². The van der Waals surface area contributed by atoms with Crippen LogP contribution in [0.4, 0.5) is 0 Å². The van der Waals surface area contributed by atoms with Gasteiger partial charge in [-0.2, -0.15) is 0 Å². The summed E-state index contributed by atoms with van der Waals surface area (Å²) in [6.45, 7) is 1.85. The smallest absolute Gasteiger partial charge is 0.247 e. The number of carbonyl (C=O) groups is 1. The molecule has 1 saturated heterocycles. The molecule has 2 aromatic carbocycles. The molecular weight excluding hydrogens is 336 g/mol. The van der Waals surface area contributed by atoms with E-state index in [2.05, 4.69) is 15.6 Å². The van der Waals surface area contributed by atoms with E-state index in [1.54, 1.807) is 6.33 Å². The van der Waals surface area contributed by atoms with Crippen LogP contribution in [0.1, 0.15) is 30.9 Å². The molecule has 2 fully saturated rings. The summed E-state index contributed by atoms with van der Waals surface area (Å²) in [7, 11) is 0. The van der Waals surface area contributed by atoms with Crippen molar-refractivity contribution in [3.63, 3.8) is 0 Å². The second kappa shape index (κ2) is 6.50. The van der Waals surface area contributed by atoms with E-state index in [9.17, 15) is 4.79 Å². The summed E-state index contributed by atoms with van der Waals surface area (Å²) in [5, 5.41) is 6.83. The fourth-order valence-electron chi connectivity index (χ4n) is 4.53. The number of hydrogen-bond donors (Lipinski definition) is 2. The van der Waals surface area contributed by atoms with Gasteiger partial charge in [0.25, 0.3) is 0 Å². The molecule has 3 atom stereocenters. The van der Waals surface area contributed by atoms with Gasteiger partial charge in [-0.3, -0.25) is 4.79 Å². The molecule has 3 aromatic rings. The molecule has 3 unspecified atom stereocenters. The first kappa shape index (κ1) is 16.5. The van der Waals surface area contributed by atoms with Crippen molar-refractivity contribution in [1.82, 2.24) is 20.2 Å². The van der Waals surface area contributed by atoms with E-state index in [1.807, 2.05) is 59.2 Å². The molecule has 5 rings (SSSR count). The third kappa shape index (κ3) is 2.92. The number of piperidine rings is 1. The van der Waals surface area contributed by atoms with Gasteiger partial charge in [-0.1, -0.05) is 42.5 Å². The van der Waals surface area contributed by atoms with Crippen molar-refractivity contribution >= 4 is 16.9 Å². The lowest BCUT2D eigenvalue weighted by atomic mass is 9.96. The van der Waals surface area contributed by atoms with Crippen LogP contribution in [0.5, 0.6) is 0 Å². The number of aromatic nitrogens is 2. The van der Waals surface area contributed by atoms with Crippen molar-refractivity contribution in [2.45, 2.75) is 31.3 Å². The number of para-hydroxylation sites is 2. The van der Waals surface area contributed by atoms with Crippen molar-refractivity contribution in [1.29, 1.82) is 0 Å². The first-order chi connectivity index (χ1) is 13.3. The molecule has 2 N–H and O–H groups in total. The standard InChI is InChI=1S/C22H24N4O/c27-21(24-14-22-11-6-12-23-19(22)13-22)20(16-7-2-1-3-8-16)26-15-25-17-9-4-5-10-18(17)26/h1-5,7-10,15,19-20,23H,6,11-14H2,(H,24,27). The molecule has 5 nitrogen and oxygen atoms in total. The van der Waals surface area contributed by atoms with Gasteiger partial charge in [0.2, 0.25) is 5.91 Å². The maximum Gasteiger partial charge on any atom is 0.247 e. The van der Waals surface area contributed by atoms with E-state index in [0.29, 0.717) is 6.04 Å². The van der Waals surface area contributed by atoms with Gasteiger partial charge in [-0.15, -0.1) is 0 Å². The lowest BCUT2D eigenvalue weighted by Gasteiger charge is -2.25. The molecule has 1 amide bonds. The molecule has 27 heavy (non-hydrogen) atoms. The highest BCUT2D eigenvalue weighted by Gasteiger charge is 2.54. The van der Waals surface area contributed by atoms with Crippen molar-refractivity contribution in [3.8, 4) is 0 Å². The molecule has 1 aromatic heterocycles. The molecule has 1 saturated carbocycles. The largest absolute Gasteiger partial charge is 0.353 e. The molecule has 1 aliphatic heterocycles. The van der Waals surface area contributed by atoms with Gasteiger partial charge in [-0.05, 0) is 43.5 Å². The highest BCUT2D eigenvalue weighted by atomic mass is 16.2. The molecule has 2 heterocycles. The molecular formula is C22H24N4O. The predicted molar refractivity (Wildman–Crippen MR) is 105 cm³/mol.